The minimum Gasteiger partial charge on any atom is -0.465 e. The molecule has 4 heteroatoms. The van der Waals surface area contributed by atoms with Crippen molar-refractivity contribution in [2.24, 2.45) is 5.73 Å². The summed E-state index contributed by atoms with van der Waals surface area (Å²) in [6.07, 6.45) is 1.64. The maximum Gasteiger partial charge on any atom is 0.340 e. The maximum atomic E-state index is 11.5. The highest BCUT2D eigenvalue weighted by atomic mass is 16.5. The van der Waals surface area contributed by atoms with Gasteiger partial charge in [0.15, 0.2) is 0 Å². The minimum absolute atomic E-state index is 0.392. The number of aryl methyl sites for hydroxylation is 1. The molecule has 1 aromatic rings. The van der Waals surface area contributed by atoms with Crippen LogP contribution in [0.4, 0.5) is 0 Å². The lowest BCUT2D eigenvalue weighted by Crippen LogP contribution is -2.10. The van der Waals surface area contributed by atoms with E-state index in [9.17, 15) is 4.79 Å². The van der Waals surface area contributed by atoms with Crippen molar-refractivity contribution in [2.45, 2.75) is 13.8 Å². The number of ether oxygens (including phenoxy) is 1. The largest absolute Gasteiger partial charge is 0.465 e. The van der Waals surface area contributed by atoms with Gasteiger partial charge in [-0.1, -0.05) is 0 Å². The zero-order chi connectivity index (χ0) is 11.4. The van der Waals surface area contributed by atoms with Gasteiger partial charge in [-0.05, 0) is 31.5 Å². The maximum absolute atomic E-state index is 11.5. The second kappa shape index (κ2) is 4.59. The first-order valence-electron chi connectivity index (χ1n) is 4.54. The average Bonchev–Trinajstić information content (AvgIpc) is 2.17. The molecule has 0 spiro atoms. The van der Waals surface area contributed by atoms with E-state index in [1.165, 1.54) is 7.11 Å². The van der Waals surface area contributed by atoms with Crippen molar-refractivity contribution in [3.05, 3.63) is 35.3 Å². The van der Waals surface area contributed by atoms with Gasteiger partial charge in [-0.15, -0.1) is 0 Å². The quantitative estimate of drug-likeness (QED) is 0.584. The molecule has 1 rings (SSSR count). The summed E-state index contributed by atoms with van der Waals surface area (Å²) in [4.78, 5) is 15.5. The van der Waals surface area contributed by atoms with Gasteiger partial charge in [0.25, 0.3) is 0 Å². The second-order valence-electron chi connectivity index (χ2n) is 3.24. The smallest absolute Gasteiger partial charge is 0.340 e. The van der Waals surface area contributed by atoms with Crippen LogP contribution in [0, 0.1) is 6.92 Å². The van der Waals surface area contributed by atoms with Gasteiger partial charge >= 0.3 is 5.97 Å². The molecule has 2 N–H and O–H groups in total. The molecule has 0 unspecified atom stereocenters. The molecule has 1 heterocycles. The highest BCUT2D eigenvalue weighted by Gasteiger charge is 2.14. The zero-order valence-electron chi connectivity index (χ0n) is 9.07. The molecule has 0 radical (unpaired) electrons. The third-order valence-corrected chi connectivity index (χ3v) is 1.97. The summed E-state index contributed by atoms with van der Waals surface area (Å²) in [5, 5.41) is 0. The monoisotopic (exact) mass is 206 g/mol. The van der Waals surface area contributed by atoms with E-state index in [-0.39, 0.29) is 0 Å². The molecule has 0 aliphatic rings. The van der Waals surface area contributed by atoms with Crippen molar-refractivity contribution in [1.82, 2.24) is 4.98 Å². The Balaban J connectivity index is 3.24. The van der Waals surface area contributed by atoms with Crippen molar-refractivity contribution >= 4 is 11.5 Å². The fourth-order valence-corrected chi connectivity index (χ4v) is 1.31. The van der Waals surface area contributed by atoms with Gasteiger partial charge in [0.1, 0.15) is 0 Å². The molecule has 0 aliphatic heterocycles. The van der Waals surface area contributed by atoms with Crippen molar-refractivity contribution in [2.75, 3.05) is 7.11 Å². The number of hydrogen-bond donors (Lipinski definition) is 1. The number of rotatable bonds is 2. The van der Waals surface area contributed by atoms with Crippen LogP contribution in [0.5, 0.6) is 0 Å². The number of allylic oxidation sites excluding steroid dienone is 1. The van der Waals surface area contributed by atoms with Crippen molar-refractivity contribution in [3.8, 4) is 0 Å². The minimum atomic E-state index is -0.430. The van der Waals surface area contributed by atoms with E-state index >= 15 is 0 Å². The number of esters is 1. The van der Waals surface area contributed by atoms with Crippen LogP contribution in [0.2, 0.25) is 0 Å². The Morgan fingerprint density at radius 1 is 1.53 bits per heavy atom. The molecule has 0 aromatic carbocycles. The molecule has 15 heavy (non-hydrogen) atoms. The lowest BCUT2D eigenvalue weighted by molar-refractivity contribution is -0.133. The van der Waals surface area contributed by atoms with Gasteiger partial charge in [-0.2, -0.15) is 0 Å². The number of nitrogens with zero attached hydrogens (tertiary/aromatic N) is 1. The first-order chi connectivity index (χ1) is 7.06. The van der Waals surface area contributed by atoms with Gasteiger partial charge in [0.05, 0.1) is 12.7 Å². The molecule has 0 bridgehead atoms. The summed E-state index contributed by atoms with van der Waals surface area (Å²) in [5.74, 6) is -0.430. The molecule has 0 amide bonds. The van der Waals surface area contributed by atoms with Crippen LogP contribution in [0.3, 0.4) is 0 Å². The van der Waals surface area contributed by atoms with E-state index in [4.69, 9.17) is 5.73 Å². The Kier molecular flexibility index (Phi) is 3.44. The highest BCUT2D eigenvalue weighted by molar-refractivity contribution is 6.17. The molecule has 4 nitrogen and oxygen atoms in total. The van der Waals surface area contributed by atoms with Gasteiger partial charge in [-0.25, -0.2) is 4.79 Å². The van der Waals surface area contributed by atoms with Gasteiger partial charge in [-0.3, -0.25) is 4.98 Å². The number of hydrogen-bond acceptors (Lipinski definition) is 4. The topological polar surface area (TPSA) is 65.2 Å². The van der Waals surface area contributed by atoms with E-state index in [0.717, 1.165) is 11.3 Å². The predicted octanol–water partition coefficient (Wildman–Crippen LogP) is 1.25. The summed E-state index contributed by atoms with van der Waals surface area (Å²) in [6.45, 7) is 3.52. The number of carbonyl (C=O) groups is 1. The molecule has 0 atom stereocenters. The SMILES string of the molecule is COC(=O)/C(=C(/C)N)c1ccnc(C)c1. The molecule has 1 aromatic heterocycles. The normalized spacial score (nSPS) is 11.9. The summed E-state index contributed by atoms with van der Waals surface area (Å²) >= 11 is 0. The molecule has 0 aliphatic carbocycles. The fraction of sp³-hybridized carbons (Fsp3) is 0.273. The summed E-state index contributed by atoms with van der Waals surface area (Å²) < 4.78 is 4.67. The summed E-state index contributed by atoms with van der Waals surface area (Å²) in [7, 11) is 1.33. The predicted molar refractivity (Wildman–Crippen MR) is 57.8 cm³/mol. The van der Waals surface area contributed by atoms with Crippen LogP contribution in [0.15, 0.2) is 24.0 Å². The van der Waals surface area contributed by atoms with E-state index < -0.39 is 5.97 Å². The lowest BCUT2D eigenvalue weighted by Gasteiger charge is -2.07. The van der Waals surface area contributed by atoms with Crippen LogP contribution in [0.1, 0.15) is 18.2 Å². The summed E-state index contributed by atoms with van der Waals surface area (Å²) in [6, 6.07) is 3.53. The van der Waals surface area contributed by atoms with Crippen molar-refractivity contribution < 1.29 is 9.53 Å². The summed E-state index contributed by atoms with van der Waals surface area (Å²) in [5.41, 5.74) is 8.04. The number of carbonyl (C=O) groups excluding carboxylic acids is 1. The highest BCUT2D eigenvalue weighted by Crippen LogP contribution is 2.18. The Morgan fingerprint density at radius 2 is 2.20 bits per heavy atom. The Morgan fingerprint density at radius 3 is 2.67 bits per heavy atom. The van der Waals surface area contributed by atoms with Crippen LogP contribution in [-0.4, -0.2) is 18.1 Å². The Hall–Kier alpha value is -1.84. The number of methoxy groups -OCH3 is 1. The molecular formula is C11H14N2O2. The van der Waals surface area contributed by atoms with E-state index in [1.807, 2.05) is 6.92 Å². The van der Waals surface area contributed by atoms with Gasteiger partial charge in [0, 0.05) is 17.6 Å². The third kappa shape index (κ3) is 2.56. The Labute approximate surface area is 88.8 Å². The Bertz CT molecular complexity index is 407. The third-order valence-electron chi connectivity index (χ3n) is 1.97. The number of nitrogens with two attached hydrogens (primary N) is 1. The zero-order valence-corrected chi connectivity index (χ0v) is 9.07. The first-order valence-corrected chi connectivity index (χ1v) is 4.54. The molecular weight excluding hydrogens is 192 g/mol. The number of aromatic nitrogens is 1. The second-order valence-corrected chi connectivity index (χ2v) is 3.24. The lowest BCUT2D eigenvalue weighted by atomic mass is 10.1. The van der Waals surface area contributed by atoms with E-state index in [2.05, 4.69) is 9.72 Å². The van der Waals surface area contributed by atoms with E-state index in [1.54, 1.807) is 25.3 Å². The van der Waals surface area contributed by atoms with Crippen LogP contribution in [-0.2, 0) is 9.53 Å². The van der Waals surface area contributed by atoms with Crippen LogP contribution < -0.4 is 5.73 Å². The van der Waals surface area contributed by atoms with Crippen LogP contribution in [0.25, 0.3) is 5.57 Å². The molecule has 0 saturated carbocycles. The van der Waals surface area contributed by atoms with Gasteiger partial charge in [0.2, 0.25) is 0 Å². The van der Waals surface area contributed by atoms with Gasteiger partial charge < -0.3 is 10.5 Å². The van der Waals surface area contributed by atoms with E-state index in [0.29, 0.717) is 11.3 Å². The fourth-order valence-electron chi connectivity index (χ4n) is 1.31. The average molecular weight is 206 g/mol. The number of pyridine rings is 1. The molecule has 80 valence electrons. The van der Waals surface area contributed by atoms with Crippen molar-refractivity contribution in [3.63, 3.8) is 0 Å². The molecule has 0 fully saturated rings. The standard InChI is InChI=1S/C11H14N2O2/c1-7-6-9(4-5-13-7)10(8(2)12)11(14)15-3/h4-6H,12H2,1-3H3/b10-8-. The van der Waals surface area contributed by atoms with Crippen LogP contribution >= 0.6 is 0 Å². The first kappa shape index (κ1) is 11.2. The van der Waals surface area contributed by atoms with Crippen molar-refractivity contribution in [1.29, 1.82) is 0 Å². The molecule has 0 saturated heterocycles.